The molecule has 1 aromatic carbocycles. The van der Waals surface area contributed by atoms with E-state index in [-0.39, 0.29) is 23.6 Å². The Morgan fingerprint density at radius 3 is 2.43 bits per heavy atom. The molecule has 0 bridgehead atoms. The maximum Gasteiger partial charge on any atom is 0.244 e. The van der Waals surface area contributed by atoms with Crippen LogP contribution in [-0.4, -0.2) is 56.0 Å². The van der Waals surface area contributed by atoms with Crippen molar-refractivity contribution in [1.29, 1.82) is 0 Å². The SMILES string of the molecule is CCS(=O)(=O)N1CCC(NC(=O)/C=C/c2ccc(N3CCCC3=O)cc2)CC1. The molecule has 2 saturated heterocycles. The van der Waals surface area contributed by atoms with Crippen LogP contribution in [0.25, 0.3) is 6.08 Å². The number of benzene rings is 1. The van der Waals surface area contributed by atoms with Crippen molar-refractivity contribution < 1.29 is 18.0 Å². The molecular formula is C20H27N3O4S. The van der Waals surface area contributed by atoms with Crippen LogP contribution in [0.3, 0.4) is 0 Å². The number of sulfonamides is 1. The van der Waals surface area contributed by atoms with Gasteiger partial charge < -0.3 is 10.2 Å². The number of amides is 2. The molecule has 2 aliphatic rings. The van der Waals surface area contributed by atoms with E-state index in [0.717, 1.165) is 24.2 Å². The highest BCUT2D eigenvalue weighted by Crippen LogP contribution is 2.22. The Kier molecular flexibility index (Phi) is 6.51. The molecule has 7 nitrogen and oxygen atoms in total. The summed E-state index contributed by atoms with van der Waals surface area (Å²) in [5.41, 5.74) is 1.77. The molecule has 0 atom stereocenters. The van der Waals surface area contributed by atoms with Crippen LogP contribution in [0.5, 0.6) is 0 Å². The van der Waals surface area contributed by atoms with E-state index in [4.69, 9.17) is 0 Å². The average molecular weight is 406 g/mol. The van der Waals surface area contributed by atoms with Crippen LogP contribution in [0.4, 0.5) is 5.69 Å². The van der Waals surface area contributed by atoms with E-state index in [1.165, 1.54) is 10.4 Å². The molecule has 28 heavy (non-hydrogen) atoms. The molecule has 3 rings (SSSR count). The summed E-state index contributed by atoms with van der Waals surface area (Å²) in [6.07, 6.45) is 5.97. The molecular weight excluding hydrogens is 378 g/mol. The number of nitrogens with zero attached hydrogens (tertiary/aromatic N) is 2. The zero-order valence-electron chi connectivity index (χ0n) is 16.1. The van der Waals surface area contributed by atoms with Gasteiger partial charge in [-0.05, 0) is 50.0 Å². The second-order valence-electron chi connectivity index (χ2n) is 7.16. The van der Waals surface area contributed by atoms with Crippen molar-refractivity contribution in [2.75, 3.05) is 30.3 Å². The van der Waals surface area contributed by atoms with Gasteiger partial charge in [0.25, 0.3) is 0 Å². The van der Waals surface area contributed by atoms with E-state index in [9.17, 15) is 18.0 Å². The predicted molar refractivity (Wildman–Crippen MR) is 109 cm³/mol. The Balaban J connectivity index is 1.48. The van der Waals surface area contributed by atoms with Gasteiger partial charge in [0.2, 0.25) is 21.8 Å². The summed E-state index contributed by atoms with van der Waals surface area (Å²) in [6, 6.07) is 7.55. The first-order valence-corrected chi connectivity index (χ1v) is 11.4. The molecule has 8 heteroatoms. The molecule has 0 saturated carbocycles. The van der Waals surface area contributed by atoms with Gasteiger partial charge in [0, 0.05) is 43.9 Å². The van der Waals surface area contributed by atoms with Gasteiger partial charge >= 0.3 is 0 Å². The molecule has 0 unspecified atom stereocenters. The Bertz CT molecular complexity index is 841. The lowest BCUT2D eigenvalue weighted by Gasteiger charge is -2.31. The summed E-state index contributed by atoms with van der Waals surface area (Å²) in [6.45, 7) is 3.29. The van der Waals surface area contributed by atoms with Gasteiger partial charge in [0.15, 0.2) is 0 Å². The smallest absolute Gasteiger partial charge is 0.244 e. The number of hydrogen-bond acceptors (Lipinski definition) is 4. The number of carbonyl (C=O) groups is 2. The first-order valence-electron chi connectivity index (χ1n) is 9.76. The van der Waals surface area contributed by atoms with E-state index >= 15 is 0 Å². The van der Waals surface area contributed by atoms with Crippen LogP contribution < -0.4 is 10.2 Å². The molecule has 1 aromatic rings. The van der Waals surface area contributed by atoms with Gasteiger partial charge in [-0.2, -0.15) is 0 Å². The van der Waals surface area contributed by atoms with Crippen molar-refractivity contribution in [2.45, 2.75) is 38.6 Å². The van der Waals surface area contributed by atoms with Crippen LogP contribution >= 0.6 is 0 Å². The Hall–Kier alpha value is -2.19. The zero-order valence-corrected chi connectivity index (χ0v) is 17.0. The van der Waals surface area contributed by atoms with Crippen LogP contribution in [0, 0.1) is 0 Å². The molecule has 2 aliphatic heterocycles. The van der Waals surface area contributed by atoms with Crippen molar-refractivity contribution in [3.8, 4) is 0 Å². The summed E-state index contributed by atoms with van der Waals surface area (Å²) in [5.74, 6) is 0.0772. The Labute approximate surface area is 166 Å². The number of nitrogens with one attached hydrogen (secondary N) is 1. The Morgan fingerprint density at radius 2 is 1.86 bits per heavy atom. The highest BCUT2D eigenvalue weighted by Gasteiger charge is 2.27. The van der Waals surface area contributed by atoms with Crippen molar-refractivity contribution in [2.24, 2.45) is 0 Å². The second-order valence-corrected chi connectivity index (χ2v) is 9.41. The highest BCUT2D eigenvalue weighted by atomic mass is 32.2. The standard InChI is InChI=1S/C20H27N3O4S/c1-2-28(26,27)22-14-11-17(12-15-22)21-19(24)10-7-16-5-8-18(9-6-16)23-13-3-4-20(23)25/h5-10,17H,2-4,11-15H2,1H3,(H,21,24)/b10-7+. The van der Waals surface area contributed by atoms with Gasteiger partial charge in [-0.3, -0.25) is 9.59 Å². The van der Waals surface area contributed by atoms with Gasteiger partial charge in [-0.1, -0.05) is 12.1 Å². The first-order chi connectivity index (χ1) is 13.4. The van der Waals surface area contributed by atoms with Crippen LogP contribution in [-0.2, 0) is 19.6 Å². The van der Waals surface area contributed by atoms with E-state index in [0.29, 0.717) is 32.4 Å². The van der Waals surface area contributed by atoms with Gasteiger partial charge in [-0.25, -0.2) is 12.7 Å². The fraction of sp³-hybridized carbons (Fsp3) is 0.500. The third-order valence-electron chi connectivity index (χ3n) is 5.26. The fourth-order valence-corrected chi connectivity index (χ4v) is 4.70. The van der Waals surface area contributed by atoms with Crippen molar-refractivity contribution in [3.63, 3.8) is 0 Å². The number of anilines is 1. The molecule has 0 radical (unpaired) electrons. The number of rotatable bonds is 6. The van der Waals surface area contributed by atoms with Gasteiger partial charge in [0.1, 0.15) is 0 Å². The number of hydrogen-bond donors (Lipinski definition) is 1. The number of carbonyl (C=O) groups excluding carboxylic acids is 2. The minimum atomic E-state index is -3.15. The van der Waals surface area contributed by atoms with E-state index in [2.05, 4.69) is 5.32 Å². The third kappa shape index (κ3) is 4.99. The van der Waals surface area contributed by atoms with Gasteiger partial charge in [-0.15, -0.1) is 0 Å². The normalized spacial score (nSPS) is 19.5. The monoisotopic (exact) mass is 405 g/mol. The van der Waals surface area contributed by atoms with E-state index < -0.39 is 10.0 Å². The molecule has 2 heterocycles. The van der Waals surface area contributed by atoms with Crippen molar-refractivity contribution >= 4 is 33.6 Å². The summed E-state index contributed by atoms with van der Waals surface area (Å²) < 4.78 is 25.2. The first kappa shape index (κ1) is 20.5. The predicted octanol–water partition coefficient (Wildman–Crippen LogP) is 1.76. The maximum atomic E-state index is 12.2. The lowest BCUT2D eigenvalue weighted by atomic mass is 10.1. The minimum Gasteiger partial charge on any atom is -0.350 e. The second kappa shape index (κ2) is 8.87. The van der Waals surface area contributed by atoms with Crippen molar-refractivity contribution in [1.82, 2.24) is 9.62 Å². The zero-order chi connectivity index (χ0) is 20.1. The van der Waals surface area contributed by atoms with Crippen LogP contribution in [0.15, 0.2) is 30.3 Å². The lowest BCUT2D eigenvalue weighted by molar-refractivity contribution is -0.118. The molecule has 0 aliphatic carbocycles. The average Bonchev–Trinajstić information content (AvgIpc) is 3.13. The molecule has 152 valence electrons. The van der Waals surface area contributed by atoms with E-state index in [1.54, 1.807) is 17.9 Å². The number of piperidine rings is 1. The Morgan fingerprint density at radius 1 is 1.18 bits per heavy atom. The summed E-state index contributed by atoms with van der Waals surface area (Å²) in [5, 5.41) is 2.94. The fourth-order valence-electron chi connectivity index (χ4n) is 3.57. The van der Waals surface area contributed by atoms with Gasteiger partial charge in [0.05, 0.1) is 5.75 Å². The van der Waals surface area contributed by atoms with E-state index in [1.807, 2.05) is 24.3 Å². The van der Waals surface area contributed by atoms with Crippen LogP contribution in [0.2, 0.25) is 0 Å². The molecule has 2 fully saturated rings. The molecule has 1 N–H and O–H groups in total. The van der Waals surface area contributed by atoms with Crippen LogP contribution in [0.1, 0.15) is 38.2 Å². The molecule has 0 spiro atoms. The summed E-state index contributed by atoms with van der Waals surface area (Å²) in [4.78, 5) is 25.7. The maximum absolute atomic E-state index is 12.2. The third-order valence-corrected chi connectivity index (χ3v) is 7.15. The highest BCUT2D eigenvalue weighted by molar-refractivity contribution is 7.89. The topological polar surface area (TPSA) is 86.8 Å². The largest absolute Gasteiger partial charge is 0.350 e. The molecule has 2 amide bonds. The quantitative estimate of drug-likeness (QED) is 0.731. The van der Waals surface area contributed by atoms with Crippen molar-refractivity contribution in [3.05, 3.63) is 35.9 Å². The summed E-state index contributed by atoms with van der Waals surface area (Å²) >= 11 is 0. The molecule has 0 aromatic heterocycles. The lowest BCUT2D eigenvalue weighted by Crippen LogP contribution is -2.46. The summed E-state index contributed by atoms with van der Waals surface area (Å²) in [7, 11) is -3.15. The minimum absolute atomic E-state index is 0.0102.